The molecule has 0 amide bonds. The molecule has 0 bridgehead atoms. The molecule has 2 aromatic rings. The zero-order valence-electron chi connectivity index (χ0n) is 18.6. The maximum Gasteiger partial charge on any atom is 0.302 e. The van der Waals surface area contributed by atoms with Gasteiger partial charge < -0.3 is 14.2 Å². The maximum atomic E-state index is 10.8. The summed E-state index contributed by atoms with van der Waals surface area (Å²) in [6, 6.07) is 16.4. The third-order valence-electron chi connectivity index (χ3n) is 5.28. The SMILES string of the molecule is CC[C@@H](C)COc1ccc(C(C)(C)c2ccc(OC[C@H](Cl)COC(C)=O)cc2)cc1. The van der Waals surface area contributed by atoms with Gasteiger partial charge in [-0.3, -0.25) is 4.79 Å². The molecule has 0 N–H and O–H groups in total. The van der Waals surface area contributed by atoms with Crippen LogP contribution in [0.2, 0.25) is 0 Å². The summed E-state index contributed by atoms with van der Waals surface area (Å²) in [6.45, 7) is 11.3. The van der Waals surface area contributed by atoms with Crippen molar-refractivity contribution in [1.29, 1.82) is 0 Å². The number of esters is 1. The lowest BCUT2D eigenvalue weighted by Gasteiger charge is -2.26. The minimum atomic E-state index is -0.383. The number of hydrogen-bond acceptors (Lipinski definition) is 4. The molecule has 0 aliphatic rings. The Kier molecular flexibility index (Phi) is 9.04. The zero-order chi connectivity index (χ0) is 22.1. The number of carbonyl (C=O) groups is 1. The van der Waals surface area contributed by atoms with Crippen molar-refractivity contribution in [2.24, 2.45) is 5.92 Å². The van der Waals surface area contributed by atoms with Crippen LogP contribution in [0.4, 0.5) is 0 Å². The molecule has 4 nitrogen and oxygen atoms in total. The van der Waals surface area contributed by atoms with Crippen molar-refractivity contribution in [1.82, 2.24) is 0 Å². The van der Waals surface area contributed by atoms with Gasteiger partial charge >= 0.3 is 5.97 Å². The summed E-state index contributed by atoms with van der Waals surface area (Å²) < 4.78 is 16.5. The van der Waals surface area contributed by atoms with Gasteiger partial charge in [0.05, 0.1) is 6.61 Å². The quantitative estimate of drug-likeness (QED) is 0.323. The number of halogens is 1. The first-order chi connectivity index (χ1) is 14.2. The third kappa shape index (κ3) is 7.24. The van der Waals surface area contributed by atoms with Crippen molar-refractivity contribution in [3.05, 3.63) is 59.7 Å². The van der Waals surface area contributed by atoms with Crippen molar-refractivity contribution in [2.45, 2.75) is 51.8 Å². The molecule has 0 radical (unpaired) electrons. The normalized spacial score (nSPS) is 13.4. The van der Waals surface area contributed by atoms with Gasteiger partial charge in [-0.2, -0.15) is 0 Å². The minimum absolute atomic E-state index is 0.138. The van der Waals surface area contributed by atoms with Gasteiger partial charge in [0, 0.05) is 12.3 Å². The number of rotatable bonds is 11. The Morgan fingerprint density at radius 1 is 0.900 bits per heavy atom. The second-order valence-electron chi connectivity index (χ2n) is 8.21. The molecule has 0 saturated heterocycles. The number of carbonyl (C=O) groups excluding carboxylic acids is 1. The molecular formula is C25H33ClO4. The van der Waals surface area contributed by atoms with E-state index < -0.39 is 0 Å². The van der Waals surface area contributed by atoms with Gasteiger partial charge in [0.25, 0.3) is 0 Å². The van der Waals surface area contributed by atoms with E-state index in [1.165, 1.54) is 18.1 Å². The van der Waals surface area contributed by atoms with Crippen LogP contribution in [0.3, 0.4) is 0 Å². The molecule has 164 valence electrons. The van der Waals surface area contributed by atoms with E-state index in [1.807, 2.05) is 24.3 Å². The molecule has 0 aliphatic carbocycles. The molecule has 0 spiro atoms. The van der Waals surface area contributed by atoms with Crippen LogP contribution in [-0.4, -0.2) is 31.2 Å². The summed E-state index contributed by atoms with van der Waals surface area (Å²) in [5.41, 5.74) is 2.25. The highest BCUT2D eigenvalue weighted by Crippen LogP contribution is 2.33. The van der Waals surface area contributed by atoms with Gasteiger partial charge in [-0.15, -0.1) is 11.6 Å². The first kappa shape index (κ1) is 24.1. The highest BCUT2D eigenvalue weighted by molar-refractivity contribution is 6.20. The highest BCUT2D eigenvalue weighted by atomic mass is 35.5. The van der Waals surface area contributed by atoms with Crippen LogP contribution in [0, 0.1) is 5.92 Å². The molecule has 0 heterocycles. The van der Waals surface area contributed by atoms with Crippen molar-refractivity contribution < 1.29 is 19.0 Å². The fourth-order valence-corrected chi connectivity index (χ4v) is 3.03. The van der Waals surface area contributed by atoms with E-state index in [9.17, 15) is 4.79 Å². The van der Waals surface area contributed by atoms with Crippen LogP contribution < -0.4 is 9.47 Å². The van der Waals surface area contributed by atoms with E-state index in [0.29, 0.717) is 5.92 Å². The molecule has 0 fully saturated rings. The molecule has 0 unspecified atom stereocenters. The van der Waals surface area contributed by atoms with E-state index in [-0.39, 0.29) is 30.0 Å². The molecule has 0 aromatic heterocycles. The fraction of sp³-hybridized carbons (Fsp3) is 0.480. The van der Waals surface area contributed by atoms with Gasteiger partial charge in [0.1, 0.15) is 30.1 Å². The van der Waals surface area contributed by atoms with Crippen LogP contribution in [-0.2, 0) is 14.9 Å². The standard InChI is InChI=1S/C25H33ClO4/c1-6-18(2)15-29-23-11-7-20(8-12-23)25(4,5)21-9-13-24(14-10-21)30-17-22(26)16-28-19(3)27/h7-14,18,22H,6,15-17H2,1-5H3/t18-,22-/m1/s1. The lowest BCUT2D eigenvalue weighted by atomic mass is 9.78. The van der Waals surface area contributed by atoms with Gasteiger partial charge in [0.15, 0.2) is 0 Å². The van der Waals surface area contributed by atoms with Crippen LogP contribution in [0.25, 0.3) is 0 Å². The first-order valence-corrected chi connectivity index (χ1v) is 10.9. The summed E-state index contributed by atoms with van der Waals surface area (Å²) in [5, 5.41) is -0.383. The van der Waals surface area contributed by atoms with Crippen molar-refractivity contribution in [3.8, 4) is 11.5 Å². The van der Waals surface area contributed by atoms with Crippen LogP contribution >= 0.6 is 11.6 Å². The monoisotopic (exact) mass is 432 g/mol. The van der Waals surface area contributed by atoms with E-state index in [0.717, 1.165) is 24.5 Å². The molecular weight excluding hydrogens is 400 g/mol. The molecule has 2 rings (SSSR count). The Morgan fingerprint density at radius 3 is 1.80 bits per heavy atom. The average Bonchev–Trinajstić information content (AvgIpc) is 2.75. The Balaban J connectivity index is 1.96. The summed E-state index contributed by atoms with van der Waals surface area (Å²) in [7, 11) is 0. The Morgan fingerprint density at radius 2 is 1.37 bits per heavy atom. The number of benzene rings is 2. The Hall–Kier alpha value is -2.20. The zero-order valence-corrected chi connectivity index (χ0v) is 19.4. The molecule has 0 aliphatic heterocycles. The summed E-state index contributed by atoms with van der Waals surface area (Å²) in [6.07, 6.45) is 1.11. The van der Waals surface area contributed by atoms with Crippen LogP contribution in [0.1, 0.15) is 52.2 Å². The third-order valence-corrected chi connectivity index (χ3v) is 5.53. The first-order valence-electron chi connectivity index (χ1n) is 10.5. The lowest BCUT2D eigenvalue weighted by Crippen LogP contribution is -2.20. The average molecular weight is 433 g/mol. The summed E-state index contributed by atoms with van der Waals surface area (Å²) in [4.78, 5) is 10.8. The predicted octanol–water partition coefficient (Wildman–Crippen LogP) is 5.99. The highest BCUT2D eigenvalue weighted by Gasteiger charge is 2.23. The van der Waals surface area contributed by atoms with Crippen molar-refractivity contribution in [2.75, 3.05) is 19.8 Å². The largest absolute Gasteiger partial charge is 0.493 e. The van der Waals surface area contributed by atoms with Gasteiger partial charge in [-0.1, -0.05) is 58.4 Å². The summed E-state index contributed by atoms with van der Waals surface area (Å²) >= 11 is 6.11. The van der Waals surface area contributed by atoms with E-state index in [1.54, 1.807) is 0 Å². The van der Waals surface area contributed by atoms with E-state index in [4.69, 9.17) is 25.8 Å². The van der Waals surface area contributed by atoms with Crippen LogP contribution in [0.5, 0.6) is 11.5 Å². The maximum absolute atomic E-state index is 10.8. The van der Waals surface area contributed by atoms with Gasteiger partial charge in [-0.25, -0.2) is 0 Å². The number of alkyl halides is 1. The molecule has 5 heteroatoms. The van der Waals surface area contributed by atoms with Gasteiger partial charge in [-0.05, 0) is 41.3 Å². The Labute approximate surface area is 185 Å². The second-order valence-corrected chi connectivity index (χ2v) is 8.83. The number of hydrogen-bond donors (Lipinski definition) is 0. The Bertz CT molecular complexity index is 784. The van der Waals surface area contributed by atoms with Gasteiger partial charge in [0.2, 0.25) is 0 Å². The molecule has 2 aromatic carbocycles. The summed E-state index contributed by atoms with van der Waals surface area (Å²) in [5.74, 6) is 1.85. The van der Waals surface area contributed by atoms with Crippen LogP contribution in [0.15, 0.2) is 48.5 Å². The predicted molar refractivity (Wildman–Crippen MR) is 122 cm³/mol. The lowest BCUT2D eigenvalue weighted by molar-refractivity contribution is -0.141. The topological polar surface area (TPSA) is 44.8 Å². The van der Waals surface area contributed by atoms with Crippen molar-refractivity contribution >= 4 is 17.6 Å². The molecule has 2 atom stereocenters. The van der Waals surface area contributed by atoms with E-state index >= 15 is 0 Å². The fourth-order valence-electron chi connectivity index (χ4n) is 2.90. The second kappa shape index (κ2) is 11.3. The molecule has 0 saturated carbocycles. The number of ether oxygens (including phenoxy) is 3. The van der Waals surface area contributed by atoms with E-state index in [2.05, 4.69) is 52.0 Å². The molecule has 30 heavy (non-hydrogen) atoms. The minimum Gasteiger partial charge on any atom is -0.493 e. The van der Waals surface area contributed by atoms with Crippen molar-refractivity contribution in [3.63, 3.8) is 0 Å². The smallest absolute Gasteiger partial charge is 0.302 e.